The van der Waals surface area contributed by atoms with Crippen LogP contribution in [0.5, 0.6) is 0 Å². The van der Waals surface area contributed by atoms with E-state index in [4.69, 9.17) is 8.37 Å². The molecule has 1 heterocycles. The van der Waals surface area contributed by atoms with Crippen LogP contribution in [0.15, 0.2) is 0 Å². The molecule has 1 saturated heterocycles. The van der Waals surface area contributed by atoms with Gasteiger partial charge in [0.1, 0.15) is 0 Å². The average molecular weight is 435 g/mol. The van der Waals surface area contributed by atoms with Crippen LogP contribution in [-0.2, 0) is 8.37 Å². The first-order valence-electron chi connectivity index (χ1n) is 8.35. The van der Waals surface area contributed by atoms with E-state index < -0.39 is 10.6 Å². The average Bonchev–Trinajstić information content (AvgIpc) is 2.98. The summed E-state index contributed by atoms with van der Waals surface area (Å²) in [4.78, 5) is 13.3. The molecule has 1 N–H and O–H groups in total. The second kappa shape index (κ2) is 14.1. The van der Waals surface area contributed by atoms with Gasteiger partial charge in [0.2, 0.25) is 0 Å². The number of urea groups is 1. The molecule has 0 atom stereocenters. The monoisotopic (exact) mass is 434 g/mol. The molecule has 0 radical (unpaired) electrons. The number of nitrogens with one attached hydrogen (secondary N) is 1. The quantitative estimate of drug-likeness (QED) is 0.293. The second-order valence-corrected chi connectivity index (χ2v) is 14.1. The molecule has 24 heavy (non-hydrogen) atoms. The summed E-state index contributed by atoms with van der Waals surface area (Å²) in [5.41, 5.74) is 0. The molecule has 2 amide bonds. The fourth-order valence-electron chi connectivity index (χ4n) is 2.21. The molecular weight excluding hydrogens is 405 g/mol. The van der Waals surface area contributed by atoms with E-state index in [2.05, 4.69) is 12.2 Å². The van der Waals surface area contributed by atoms with Gasteiger partial charge in [-0.3, -0.25) is 8.37 Å². The Kier molecular flexibility index (Phi) is 13.5. The Morgan fingerprint density at radius 3 is 2.33 bits per heavy atom. The number of carbonyl (C=O) groups is 1. The molecule has 0 aromatic carbocycles. The van der Waals surface area contributed by atoms with Crippen LogP contribution in [0.3, 0.4) is 0 Å². The fraction of sp³-hybridized carbons (Fsp3) is 0.929. The third-order valence-corrected chi connectivity index (χ3v) is 13.0. The van der Waals surface area contributed by atoms with Crippen LogP contribution in [-0.4, -0.2) is 66.8 Å². The minimum Gasteiger partial charge on any atom is -0.336 e. The Morgan fingerprint density at radius 2 is 1.79 bits per heavy atom. The minimum atomic E-state index is -1.33. The van der Waals surface area contributed by atoms with Crippen molar-refractivity contribution in [1.82, 2.24) is 10.2 Å². The van der Waals surface area contributed by atoms with Crippen LogP contribution in [0, 0.1) is 0 Å². The molecule has 1 fully saturated rings. The molecule has 0 bridgehead atoms. The van der Waals surface area contributed by atoms with E-state index in [0.717, 1.165) is 62.3 Å². The molecule has 5 nitrogen and oxygen atoms in total. The molecule has 1 rings (SSSR count). The second-order valence-electron chi connectivity index (χ2n) is 4.90. The number of nitrogens with zero attached hydrogens (tertiary/aromatic N) is 1. The molecule has 0 aromatic heterocycles. The summed E-state index contributed by atoms with van der Waals surface area (Å²) in [6.07, 6.45) is 1.13. The van der Waals surface area contributed by atoms with Crippen molar-refractivity contribution >= 4 is 57.9 Å². The molecule has 0 aliphatic carbocycles. The van der Waals surface area contributed by atoms with Gasteiger partial charge in [0.15, 0.2) is 0 Å². The molecule has 1 aliphatic heterocycles. The summed E-state index contributed by atoms with van der Waals surface area (Å²) in [6, 6.07) is 0.0770. The number of carbonyl (C=O) groups excluding carboxylic acids is 1. The lowest BCUT2D eigenvalue weighted by Crippen LogP contribution is -2.29. The van der Waals surface area contributed by atoms with Gasteiger partial charge < -0.3 is 10.2 Å². The summed E-state index contributed by atoms with van der Waals surface area (Å²) in [6.45, 7) is 10.2. The van der Waals surface area contributed by atoms with Gasteiger partial charge in [-0.25, -0.2) is 4.79 Å². The Labute approximate surface area is 163 Å². The Morgan fingerprint density at radius 1 is 1.12 bits per heavy atom. The van der Waals surface area contributed by atoms with Gasteiger partial charge in [0.25, 0.3) is 0 Å². The lowest BCUT2D eigenvalue weighted by Gasteiger charge is -2.42. The van der Waals surface area contributed by atoms with Gasteiger partial charge in [-0.05, 0) is 46.8 Å². The lowest BCUT2D eigenvalue weighted by atomic mass is 10.6. The SMILES string of the molecule is CCOS(CC)(CCCSSSSCCN1CCNC1=O)OCC. The van der Waals surface area contributed by atoms with Gasteiger partial charge in [-0.2, -0.15) is 10.6 Å². The molecule has 1 aliphatic rings. The number of rotatable bonds is 15. The summed E-state index contributed by atoms with van der Waals surface area (Å²) in [7, 11) is 6.01. The molecular formula is C14H30N2O3S5. The van der Waals surface area contributed by atoms with Crippen LogP contribution in [0.2, 0.25) is 0 Å². The highest BCUT2D eigenvalue weighted by molar-refractivity contribution is 9.26. The lowest BCUT2D eigenvalue weighted by molar-refractivity contribution is 0.220. The normalized spacial score (nSPS) is 15.8. The number of hydrogen-bond acceptors (Lipinski definition) is 7. The maximum absolute atomic E-state index is 11.4. The maximum Gasteiger partial charge on any atom is 0.317 e. The van der Waals surface area contributed by atoms with E-state index in [-0.39, 0.29) is 6.03 Å². The zero-order valence-electron chi connectivity index (χ0n) is 14.8. The molecule has 0 saturated carbocycles. The van der Waals surface area contributed by atoms with Gasteiger partial charge in [0.05, 0.1) is 13.2 Å². The highest BCUT2D eigenvalue weighted by Gasteiger charge is 2.19. The Bertz CT molecular complexity index is 346. The van der Waals surface area contributed by atoms with Crippen LogP contribution >= 0.6 is 51.8 Å². The summed E-state index contributed by atoms with van der Waals surface area (Å²) in [5.74, 6) is 4.09. The van der Waals surface area contributed by atoms with Crippen LogP contribution < -0.4 is 5.32 Å². The van der Waals surface area contributed by atoms with Gasteiger partial charge in [-0.1, -0.05) is 21.6 Å². The van der Waals surface area contributed by atoms with Crippen molar-refractivity contribution in [3.63, 3.8) is 0 Å². The topological polar surface area (TPSA) is 50.8 Å². The number of amides is 2. The van der Waals surface area contributed by atoms with Gasteiger partial charge >= 0.3 is 6.03 Å². The summed E-state index contributed by atoms with van der Waals surface area (Å²) in [5, 5.41) is 2.82. The molecule has 0 spiro atoms. The smallest absolute Gasteiger partial charge is 0.317 e. The van der Waals surface area contributed by atoms with Crippen molar-refractivity contribution in [3.8, 4) is 0 Å². The van der Waals surface area contributed by atoms with Crippen molar-refractivity contribution in [1.29, 1.82) is 0 Å². The van der Waals surface area contributed by atoms with Crippen LogP contribution in [0.1, 0.15) is 27.2 Å². The van der Waals surface area contributed by atoms with Crippen molar-refractivity contribution in [2.75, 3.05) is 55.9 Å². The largest absolute Gasteiger partial charge is 0.336 e. The molecule has 0 unspecified atom stereocenters. The maximum atomic E-state index is 11.4. The summed E-state index contributed by atoms with van der Waals surface area (Å²) < 4.78 is 11.9. The van der Waals surface area contributed by atoms with E-state index in [1.807, 2.05) is 50.2 Å². The highest BCUT2D eigenvalue weighted by Crippen LogP contribution is 2.51. The fourth-order valence-corrected chi connectivity index (χ4v) is 10.8. The standard InChI is InChI=1S/C14H30N2O3S5/c1-4-18-24(6-3,19-5-2)13-7-11-20-22-23-21-12-10-16-9-8-15-14(16)17/h4-13H2,1-3H3,(H,15,17). The minimum absolute atomic E-state index is 0.0770. The van der Waals surface area contributed by atoms with Crippen molar-refractivity contribution < 1.29 is 13.2 Å². The molecule has 10 heteroatoms. The van der Waals surface area contributed by atoms with Gasteiger partial charge in [0, 0.05) is 42.6 Å². The van der Waals surface area contributed by atoms with Crippen molar-refractivity contribution in [2.24, 2.45) is 0 Å². The predicted octanol–water partition coefficient (Wildman–Crippen LogP) is 4.81. The van der Waals surface area contributed by atoms with Crippen LogP contribution in [0.25, 0.3) is 0 Å². The highest BCUT2D eigenvalue weighted by atomic mass is 33.7. The first kappa shape index (κ1) is 23.0. The third kappa shape index (κ3) is 9.05. The Hall–Kier alpha value is 0.940. The summed E-state index contributed by atoms with van der Waals surface area (Å²) >= 11 is 0. The van der Waals surface area contributed by atoms with Crippen molar-refractivity contribution in [2.45, 2.75) is 27.2 Å². The Balaban J connectivity index is 1.99. The van der Waals surface area contributed by atoms with Crippen molar-refractivity contribution in [3.05, 3.63) is 0 Å². The third-order valence-electron chi connectivity index (χ3n) is 3.30. The van der Waals surface area contributed by atoms with E-state index in [9.17, 15) is 4.79 Å². The molecule has 144 valence electrons. The zero-order chi connectivity index (χ0) is 17.7. The predicted molar refractivity (Wildman–Crippen MR) is 116 cm³/mol. The van der Waals surface area contributed by atoms with E-state index in [1.165, 1.54) is 0 Å². The molecule has 0 aromatic rings. The first-order chi connectivity index (χ1) is 11.7. The van der Waals surface area contributed by atoms with Gasteiger partial charge in [-0.15, -0.1) is 0 Å². The zero-order valence-corrected chi connectivity index (χ0v) is 18.9. The number of hydrogen-bond donors (Lipinski definition) is 1. The van der Waals surface area contributed by atoms with Crippen LogP contribution in [0.4, 0.5) is 4.79 Å². The van der Waals surface area contributed by atoms with E-state index >= 15 is 0 Å². The van der Waals surface area contributed by atoms with E-state index in [1.54, 1.807) is 9.83 Å². The first-order valence-corrected chi connectivity index (χ1v) is 15.3. The van der Waals surface area contributed by atoms with E-state index in [0.29, 0.717) is 0 Å².